The standard InChI is InChI=1S/C21H25N3O/c1-23-12-15(11-22-23)9-16-13-24(14-16)20(25)19-17-7-8-21(19,10-17)18-5-3-2-4-6-18/h2-6,11-12,16-17,19H,7-10,13-14H2,1H3/t17-,19+,21+/m1/s1. The van der Waals surface area contributed by atoms with Gasteiger partial charge in [-0.05, 0) is 48.6 Å². The maximum Gasteiger partial charge on any atom is 0.226 e. The molecule has 0 unspecified atom stereocenters. The molecule has 4 aliphatic rings. The van der Waals surface area contributed by atoms with Crippen molar-refractivity contribution < 1.29 is 4.79 Å². The molecular formula is C21H25N3O. The average Bonchev–Trinajstić information content (AvgIpc) is 3.26. The SMILES string of the molecule is Cn1cc(CC2CN(C(=O)[C@@H]3[C@@H]4CC[C@@]3(c3ccccc3)C4)C2)cn1. The molecule has 2 bridgehead atoms. The first-order valence-electron chi connectivity index (χ1n) is 9.47. The first kappa shape index (κ1) is 15.2. The van der Waals surface area contributed by atoms with E-state index in [0.29, 0.717) is 17.7 Å². The van der Waals surface area contributed by atoms with Crippen LogP contribution in [0.4, 0.5) is 0 Å². The van der Waals surface area contributed by atoms with E-state index in [1.165, 1.54) is 30.4 Å². The zero-order valence-electron chi connectivity index (χ0n) is 14.8. The number of hydrogen-bond donors (Lipinski definition) is 0. The van der Waals surface area contributed by atoms with Crippen LogP contribution in [0, 0.1) is 17.8 Å². The summed E-state index contributed by atoms with van der Waals surface area (Å²) in [5, 5.41) is 4.24. The van der Waals surface area contributed by atoms with Gasteiger partial charge >= 0.3 is 0 Å². The summed E-state index contributed by atoms with van der Waals surface area (Å²) in [6, 6.07) is 10.8. The van der Waals surface area contributed by atoms with Gasteiger partial charge in [0.25, 0.3) is 0 Å². The molecule has 3 saturated carbocycles. The highest BCUT2D eigenvalue weighted by molar-refractivity contribution is 5.84. The van der Waals surface area contributed by atoms with Crippen molar-refractivity contribution in [3.05, 3.63) is 53.9 Å². The summed E-state index contributed by atoms with van der Waals surface area (Å²) in [4.78, 5) is 15.3. The van der Waals surface area contributed by atoms with Crippen molar-refractivity contribution in [1.82, 2.24) is 14.7 Å². The van der Waals surface area contributed by atoms with Crippen molar-refractivity contribution in [3.63, 3.8) is 0 Å². The summed E-state index contributed by atoms with van der Waals surface area (Å²) >= 11 is 0. The Morgan fingerprint density at radius 2 is 2.08 bits per heavy atom. The van der Waals surface area contributed by atoms with Crippen LogP contribution >= 0.6 is 0 Å². The molecule has 130 valence electrons. The van der Waals surface area contributed by atoms with Crippen LogP contribution in [0.1, 0.15) is 30.4 Å². The number of carbonyl (C=O) groups is 1. The van der Waals surface area contributed by atoms with E-state index in [1.807, 2.05) is 17.9 Å². The minimum Gasteiger partial charge on any atom is -0.342 e. The third-order valence-electron chi connectivity index (χ3n) is 6.82. The van der Waals surface area contributed by atoms with E-state index >= 15 is 0 Å². The fraction of sp³-hybridized carbons (Fsp3) is 0.524. The molecule has 4 fully saturated rings. The second-order valence-corrected chi connectivity index (χ2v) is 8.34. The molecule has 1 aromatic heterocycles. The highest BCUT2D eigenvalue weighted by Gasteiger charge is 2.63. The van der Waals surface area contributed by atoms with Gasteiger partial charge in [-0.2, -0.15) is 5.10 Å². The molecule has 1 aromatic carbocycles. The molecule has 25 heavy (non-hydrogen) atoms. The highest BCUT2D eigenvalue weighted by Crippen LogP contribution is 2.64. The summed E-state index contributed by atoms with van der Waals surface area (Å²) in [6.07, 6.45) is 8.68. The second-order valence-electron chi connectivity index (χ2n) is 8.34. The lowest BCUT2D eigenvalue weighted by Gasteiger charge is -2.51. The lowest BCUT2D eigenvalue weighted by molar-refractivity contribution is -0.150. The van der Waals surface area contributed by atoms with E-state index in [1.54, 1.807) is 0 Å². The number of nitrogens with zero attached hydrogens (tertiary/aromatic N) is 3. The predicted molar refractivity (Wildman–Crippen MR) is 95.9 cm³/mol. The van der Waals surface area contributed by atoms with Gasteiger partial charge in [-0.25, -0.2) is 0 Å². The fourth-order valence-electron chi connectivity index (χ4n) is 5.61. The van der Waals surface area contributed by atoms with Crippen LogP contribution in [0.25, 0.3) is 0 Å². The van der Waals surface area contributed by atoms with E-state index in [4.69, 9.17) is 0 Å². The van der Waals surface area contributed by atoms with Gasteiger partial charge in [-0.15, -0.1) is 0 Å². The monoisotopic (exact) mass is 335 g/mol. The van der Waals surface area contributed by atoms with Gasteiger partial charge in [0, 0.05) is 31.7 Å². The Morgan fingerprint density at radius 3 is 2.76 bits per heavy atom. The lowest BCUT2D eigenvalue weighted by Crippen LogP contribution is -2.59. The van der Waals surface area contributed by atoms with E-state index in [9.17, 15) is 4.79 Å². The summed E-state index contributed by atoms with van der Waals surface area (Å²) in [7, 11) is 1.95. The largest absolute Gasteiger partial charge is 0.342 e. The van der Waals surface area contributed by atoms with Crippen LogP contribution < -0.4 is 0 Å². The minimum absolute atomic E-state index is 0.136. The van der Waals surface area contributed by atoms with Gasteiger partial charge in [0.1, 0.15) is 0 Å². The Morgan fingerprint density at radius 1 is 1.28 bits per heavy atom. The predicted octanol–water partition coefficient (Wildman–Crippen LogP) is 2.79. The number of aryl methyl sites for hydroxylation is 1. The number of carbonyl (C=O) groups excluding carboxylic acids is 1. The quantitative estimate of drug-likeness (QED) is 0.862. The van der Waals surface area contributed by atoms with Crippen molar-refractivity contribution in [2.45, 2.75) is 31.1 Å². The van der Waals surface area contributed by atoms with Gasteiger partial charge in [0.2, 0.25) is 5.91 Å². The molecule has 6 rings (SSSR count). The maximum absolute atomic E-state index is 13.2. The van der Waals surface area contributed by atoms with Gasteiger partial charge < -0.3 is 4.90 Å². The third kappa shape index (κ3) is 2.26. The zero-order chi connectivity index (χ0) is 17.0. The van der Waals surface area contributed by atoms with Crippen LogP contribution in [-0.2, 0) is 23.7 Å². The van der Waals surface area contributed by atoms with Crippen molar-refractivity contribution in [3.8, 4) is 0 Å². The van der Waals surface area contributed by atoms with Crippen LogP contribution in [0.15, 0.2) is 42.7 Å². The molecule has 0 spiro atoms. The average molecular weight is 335 g/mol. The second kappa shape index (κ2) is 5.45. The zero-order valence-corrected chi connectivity index (χ0v) is 14.8. The first-order chi connectivity index (χ1) is 12.2. The number of fused-ring (bicyclic) bond motifs is 1. The van der Waals surface area contributed by atoms with Crippen molar-refractivity contribution >= 4 is 5.91 Å². The lowest BCUT2D eigenvalue weighted by atomic mass is 9.56. The van der Waals surface area contributed by atoms with Crippen LogP contribution in [0.2, 0.25) is 0 Å². The Kier molecular flexibility index (Phi) is 3.31. The maximum atomic E-state index is 13.2. The molecule has 1 amide bonds. The molecule has 2 aromatic rings. The van der Waals surface area contributed by atoms with Gasteiger partial charge in [-0.1, -0.05) is 30.3 Å². The molecule has 1 saturated heterocycles. The van der Waals surface area contributed by atoms with E-state index in [-0.39, 0.29) is 11.3 Å². The Hall–Kier alpha value is -2.10. The van der Waals surface area contributed by atoms with Crippen LogP contribution in [-0.4, -0.2) is 33.7 Å². The van der Waals surface area contributed by atoms with Crippen molar-refractivity contribution in [1.29, 1.82) is 0 Å². The van der Waals surface area contributed by atoms with Gasteiger partial charge in [0.15, 0.2) is 0 Å². The highest BCUT2D eigenvalue weighted by atomic mass is 16.2. The summed E-state index contributed by atoms with van der Waals surface area (Å²) in [5.74, 6) is 1.86. The normalized spacial score (nSPS) is 30.8. The van der Waals surface area contributed by atoms with Crippen LogP contribution in [0.3, 0.4) is 0 Å². The van der Waals surface area contributed by atoms with E-state index in [0.717, 1.165) is 19.5 Å². The molecular weight excluding hydrogens is 310 g/mol. The Bertz CT molecular complexity index is 788. The Labute approximate surface area is 148 Å². The molecule has 4 heteroatoms. The molecule has 0 N–H and O–H groups in total. The summed E-state index contributed by atoms with van der Waals surface area (Å²) in [6.45, 7) is 1.84. The number of amides is 1. The first-order valence-corrected chi connectivity index (χ1v) is 9.47. The topological polar surface area (TPSA) is 38.1 Å². The van der Waals surface area contributed by atoms with Crippen molar-refractivity contribution in [2.75, 3.05) is 13.1 Å². The molecule has 0 radical (unpaired) electrons. The van der Waals surface area contributed by atoms with E-state index < -0.39 is 0 Å². The number of hydrogen-bond acceptors (Lipinski definition) is 2. The molecule has 1 aliphatic heterocycles. The number of rotatable bonds is 4. The third-order valence-corrected chi connectivity index (χ3v) is 6.82. The molecule has 3 aliphatic carbocycles. The number of likely N-dealkylation sites (tertiary alicyclic amines) is 1. The fourth-order valence-corrected chi connectivity index (χ4v) is 5.61. The van der Waals surface area contributed by atoms with Gasteiger partial charge in [-0.3, -0.25) is 9.48 Å². The number of benzene rings is 1. The van der Waals surface area contributed by atoms with Gasteiger partial charge in [0.05, 0.1) is 12.1 Å². The summed E-state index contributed by atoms with van der Waals surface area (Å²) < 4.78 is 1.85. The Balaban J connectivity index is 1.25. The van der Waals surface area contributed by atoms with Crippen LogP contribution in [0.5, 0.6) is 0 Å². The minimum atomic E-state index is 0.136. The van der Waals surface area contributed by atoms with E-state index in [2.05, 4.69) is 46.5 Å². The number of aromatic nitrogens is 2. The smallest absolute Gasteiger partial charge is 0.226 e. The van der Waals surface area contributed by atoms with Crippen molar-refractivity contribution in [2.24, 2.45) is 24.8 Å². The summed E-state index contributed by atoms with van der Waals surface area (Å²) in [5.41, 5.74) is 2.80. The molecule has 2 heterocycles. The molecule has 4 nitrogen and oxygen atoms in total. The molecule has 3 atom stereocenters.